The first kappa shape index (κ1) is 16.1. The van der Waals surface area contributed by atoms with Crippen LogP contribution in [0, 0.1) is 6.92 Å². The van der Waals surface area contributed by atoms with E-state index in [4.69, 9.17) is 4.74 Å². The standard InChI is InChI=1S/C16H21N3O3/c1-3-22-16(21)11-15(20)13-10-12(2)6-7-14(13)17-18-19-8-4-5-9-19/h6-7,10H,3-5,8-9,11H2,1-2H3. The van der Waals surface area contributed by atoms with Gasteiger partial charge in [0.05, 0.1) is 12.3 Å². The van der Waals surface area contributed by atoms with Crippen LogP contribution in [0.5, 0.6) is 0 Å². The lowest BCUT2D eigenvalue weighted by molar-refractivity contribution is -0.141. The number of ether oxygens (including phenoxy) is 1. The van der Waals surface area contributed by atoms with Gasteiger partial charge in [0.15, 0.2) is 5.78 Å². The number of esters is 1. The first-order valence-electron chi connectivity index (χ1n) is 7.56. The SMILES string of the molecule is CCOC(=O)CC(=O)c1cc(C)ccc1N=NN1CCCC1. The number of hydrogen-bond acceptors (Lipinski definition) is 5. The third kappa shape index (κ3) is 4.38. The van der Waals surface area contributed by atoms with Crippen LogP contribution in [-0.4, -0.2) is 36.5 Å². The van der Waals surface area contributed by atoms with Gasteiger partial charge in [-0.25, -0.2) is 0 Å². The third-order valence-corrected chi connectivity index (χ3v) is 3.42. The van der Waals surface area contributed by atoms with E-state index in [0.29, 0.717) is 11.3 Å². The van der Waals surface area contributed by atoms with Gasteiger partial charge in [-0.2, -0.15) is 0 Å². The topological polar surface area (TPSA) is 71.3 Å². The van der Waals surface area contributed by atoms with E-state index in [9.17, 15) is 9.59 Å². The van der Waals surface area contributed by atoms with E-state index in [0.717, 1.165) is 31.5 Å². The van der Waals surface area contributed by atoms with Crippen LogP contribution in [0.4, 0.5) is 5.69 Å². The Balaban J connectivity index is 2.16. The van der Waals surface area contributed by atoms with Crippen molar-refractivity contribution in [2.45, 2.75) is 33.1 Å². The second kappa shape index (κ2) is 7.68. The number of aryl methyl sites for hydroxylation is 1. The van der Waals surface area contributed by atoms with E-state index >= 15 is 0 Å². The third-order valence-electron chi connectivity index (χ3n) is 3.42. The van der Waals surface area contributed by atoms with Gasteiger partial charge in [-0.15, -0.1) is 5.11 Å². The molecule has 1 heterocycles. The van der Waals surface area contributed by atoms with E-state index in [2.05, 4.69) is 10.3 Å². The van der Waals surface area contributed by atoms with Gasteiger partial charge in [0.1, 0.15) is 6.42 Å². The largest absolute Gasteiger partial charge is 0.466 e. The van der Waals surface area contributed by atoms with E-state index < -0.39 is 5.97 Å². The fraction of sp³-hybridized carbons (Fsp3) is 0.500. The fourth-order valence-electron chi connectivity index (χ4n) is 2.30. The number of carbonyl (C=O) groups is 2. The molecule has 0 saturated carbocycles. The van der Waals surface area contributed by atoms with Crippen molar-refractivity contribution >= 4 is 17.4 Å². The van der Waals surface area contributed by atoms with E-state index in [-0.39, 0.29) is 18.8 Å². The summed E-state index contributed by atoms with van der Waals surface area (Å²) in [4.78, 5) is 23.8. The van der Waals surface area contributed by atoms with Gasteiger partial charge in [0.2, 0.25) is 0 Å². The number of carbonyl (C=O) groups excluding carboxylic acids is 2. The molecule has 1 fully saturated rings. The number of Topliss-reactive ketones (excluding diaryl/α,β-unsaturated/α-hetero) is 1. The minimum absolute atomic E-state index is 0.265. The molecular weight excluding hydrogens is 282 g/mol. The quantitative estimate of drug-likeness (QED) is 0.350. The summed E-state index contributed by atoms with van der Waals surface area (Å²) < 4.78 is 4.82. The Morgan fingerprint density at radius 3 is 2.68 bits per heavy atom. The van der Waals surface area contributed by atoms with E-state index in [1.165, 1.54) is 0 Å². The Morgan fingerprint density at radius 1 is 1.27 bits per heavy atom. The minimum atomic E-state index is -0.517. The van der Waals surface area contributed by atoms with E-state index in [1.807, 2.05) is 18.0 Å². The van der Waals surface area contributed by atoms with Crippen molar-refractivity contribution in [2.75, 3.05) is 19.7 Å². The Bertz CT molecular complexity index is 578. The predicted octanol–water partition coefficient (Wildman–Crippen LogP) is 3.23. The molecule has 0 aliphatic carbocycles. The lowest BCUT2D eigenvalue weighted by Gasteiger charge is -2.09. The summed E-state index contributed by atoms with van der Waals surface area (Å²) in [6.07, 6.45) is 1.95. The van der Waals surface area contributed by atoms with E-state index in [1.54, 1.807) is 19.1 Å². The molecule has 0 atom stereocenters. The maximum Gasteiger partial charge on any atom is 0.313 e. The van der Waals surface area contributed by atoms with Gasteiger partial charge in [-0.1, -0.05) is 16.9 Å². The molecule has 0 amide bonds. The highest BCUT2D eigenvalue weighted by Gasteiger charge is 2.17. The number of benzene rings is 1. The van der Waals surface area contributed by atoms with Crippen molar-refractivity contribution < 1.29 is 14.3 Å². The van der Waals surface area contributed by atoms with Gasteiger partial charge in [-0.3, -0.25) is 14.6 Å². The lowest BCUT2D eigenvalue weighted by Crippen LogP contribution is -2.12. The number of nitrogens with zero attached hydrogens (tertiary/aromatic N) is 3. The van der Waals surface area contributed by atoms with Crippen molar-refractivity contribution in [3.8, 4) is 0 Å². The first-order valence-corrected chi connectivity index (χ1v) is 7.56. The maximum absolute atomic E-state index is 12.3. The van der Waals surface area contributed by atoms with Crippen LogP contribution in [0.3, 0.4) is 0 Å². The van der Waals surface area contributed by atoms with Crippen molar-refractivity contribution in [3.63, 3.8) is 0 Å². The van der Waals surface area contributed by atoms with Crippen molar-refractivity contribution in [2.24, 2.45) is 10.3 Å². The molecule has 22 heavy (non-hydrogen) atoms. The van der Waals surface area contributed by atoms with Crippen molar-refractivity contribution in [1.29, 1.82) is 0 Å². The highest BCUT2D eigenvalue weighted by molar-refractivity contribution is 6.08. The average molecular weight is 303 g/mol. The summed E-state index contributed by atoms with van der Waals surface area (Å²) in [5.74, 6) is -0.811. The van der Waals surface area contributed by atoms with Gasteiger partial charge in [0, 0.05) is 18.7 Å². The summed E-state index contributed by atoms with van der Waals surface area (Å²) >= 11 is 0. The molecule has 1 aromatic rings. The van der Waals surface area contributed by atoms with Crippen LogP contribution >= 0.6 is 0 Å². The Morgan fingerprint density at radius 2 is 2.00 bits per heavy atom. The summed E-state index contributed by atoms with van der Waals surface area (Å²) in [6, 6.07) is 5.37. The molecule has 118 valence electrons. The highest BCUT2D eigenvalue weighted by Crippen LogP contribution is 2.23. The molecule has 0 N–H and O–H groups in total. The van der Waals surface area contributed by atoms with Crippen LogP contribution in [0.15, 0.2) is 28.5 Å². The molecule has 0 radical (unpaired) electrons. The van der Waals surface area contributed by atoms with Crippen LogP contribution in [-0.2, 0) is 9.53 Å². The molecule has 6 heteroatoms. The molecule has 1 saturated heterocycles. The summed E-state index contributed by atoms with van der Waals surface area (Å²) in [6.45, 7) is 5.65. The van der Waals surface area contributed by atoms with Crippen molar-refractivity contribution in [3.05, 3.63) is 29.3 Å². The monoisotopic (exact) mass is 303 g/mol. The summed E-state index contributed by atoms with van der Waals surface area (Å²) in [5, 5.41) is 10.2. The molecule has 0 bridgehead atoms. The van der Waals surface area contributed by atoms with Crippen LogP contribution < -0.4 is 0 Å². The lowest BCUT2D eigenvalue weighted by atomic mass is 10.0. The molecule has 1 aromatic carbocycles. The minimum Gasteiger partial charge on any atom is -0.466 e. The zero-order chi connectivity index (χ0) is 15.9. The summed E-state index contributed by atoms with van der Waals surface area (Å²) in [7, 11) is 0. The molecule has 0 aromatic heterocycles. The molecule has 1 aliphatic rings. The summed E-state index contributed by atoms with van der Waals surface area (Å²) in [5.41, 5.74) is 1.84. The van der Waals surface area contributed by atoms with Gasteiger partial charge in [0.25, 0.3) is 0 Å². The normalized spacial score (nSPS) is 14.5. The predicted molar refractivity (Wildman–Crippen MR) is 82.1 cm³/mol. The highest BCUT2D eigenvalue weighted by atomic mass is 16.5. The zero-order valence-corrected chi connectivity index (χ0v) is 13.0. The number of rotatable bonds is 6. The van der Waals surface area contributed by atoms with Crippen molar-refractivity contribution in [1.82, 2.24) is 5.01 Å². The average Bonchev–Trinajstić information content (AvgIpc) is 2.99. The fourth-order valence-corrected chi connectivity index (χ4v) is 2.30. The molecule has 1 aliphatic heterocycles. The first-order chi connectivity index (χ1) is 10.6. The maximum atomic E-state index is 12.3. The van der Waals surface area contributed by atoms with Gasteiger partial charge >= 0.3 is 5.97 Å². The second-order valence-corrected chi connectivity index (χ2v) is 5.28. The molecule has 6 nitrogen and oxygen atoms in total. The van der Waals surface area contributed by atoms with Gasteiger partial charge in [-0.05, 0) is 38.8 Å². The molecule has 2 rings (SSSR count). The molecule has 0 unspecified atom stereocenters. The van der Waals surface area contributed by atoms with Crippen LogP contribution in [0.25, 0.3) is 0 Å². The number of ketones is 1. The Hall–Kier alpha value is -2.24. The Kier molecular flexibility index (Phi) is 5.63. The van der Waals surface area contributed by atoms with Crippen LogP contribution in [0.1, 0.15) is 42.1 Å². The second-order valence-electron chi connectivity index (χ2n) is 5.28. The Labute approximate surface area is 130 Å². The zero-order valence-electron chi connectivity index (χ0n) is 13.0. The molecule has 0 spiro atoms. The van der Waals surface area contributed by atoms with Gasteiger partial charge < -0.3 is 4.74 Å². The number of hydrogen-bond donors (Lipinski definition) is 0. The smallest absolute Gasteiger partial charge is 0.313 e. The molecular formula is C16H21N3O3. The van der Waals surface area contributed by atoms with Crippen LogP contribution in [0.2, 0.25) is 0 Å².